The lowest BCUT2D eigenvalue weighted by Gasteiger charge is -2.13. The number of rotatable bonds is 10. The van der Waals surface area contributed by atoms with E-state index in [2.05, 4.69) is 24.3 Å². The third-order valence-corrected chi connectivity index (χ3v) is 2.70. The van der Waals surface area contributed by atoms with Crippen LogP contribution >= 0.6 is 0 Å². The van der Waals surface area contributed by atoms with Crippen LogP contribution in [0.1, 0.15) is 19.3 Å². The van der Waals surface area contributed by atoms with Crippen molar-refractivity contribution in [3.05, 3.63) is 0 Å². The second-order valence-corrected chi connectivity index (χ2v) is 5.00. The Balaban J connectivity index is 1.79. The van der Waals surface area contributed by atoms with Gasteiger partial charge in [0.15, 0.2) is 0 Å². The van der Waals surface area contributed by atoms with Crippen LogP contribution in [0.2, 0.25) is 0 Å². The zero-order chi connectivity index (χ0) is 11.8. The molecular formula is C12H26N2O2. The lowest BCUT2D eigenvalue weighted by Crippen LogP contribution is -2.32. The summed E-state index contributed by atoms with van der Waals surface area (Å²) in [6.07, 6.45) is 3.36. The molecule has 1 aliphatic carbocycles. The van der Waals surface area contributed by atoms with Crippen LogP contribution in [0.3, 0.4) is 0 Å². The van der Waals surface area contributed by atoms with E-state index in [1.165, 1.54) is 12.8 Å². The molecule has 0 heterocycles. The molecule has 0 bridgehead atoms. The molecule has 1 unspecified atom stereocenters. The van der Waals surface area contributed by atoms with E-state index in [0.717, 1.165) is 32.0 Å². The van der Waals surface area contributed by atoms with Crippen molar-refractivity contribution in [1.29, 1.82) is 0 Å². The molecule has 1 fully saturated rings. The zero-order valence-corrected chi connectivity index (χ0v) is 10.6. The smallest absolute Gasteiger partial charge is 0.0897 e. The van der Waals surface area contributed by atoms with Gasteiger partial charge in [-0.05, 0) is 52.4 Å². The van der Waals surface area contributed by atoms with Crippen LogP contribution in [0.25, 0.3) is 0 Å². The van der Waals surface area contributed by atoms with E-state index in [4.69, 9.17) is 4.74 Å². The summed E-state index contributed by atoms with van der Waals surface area (Å²) in [5.74, 6) is 0.778. The first-order chi connectivity index (χ1) is 7.68. The van der Waals surface area contributed by atoms with E-state index in [0.29, 0.717) is 13.2 Å². The molecule has 0 radical (unpaired) electrons. The fraction of sp³-hybridized carbons (Fsp3) is 1.00. The normalized spacial score (nSPS) is 18.0. The van der Waals surface area contributed by atoms with E-state index in [1.807, 2.05) is 0 Å². The molecule has 0 aromatic heterocycles. The zero-order valence-electron chi connectivity index (χ0n) is 10.6. The SMILES string of the molecule is CN(C)CCCNCC(O)COCC1CC1. The topological polar surface area (TPSA) is 44.7 Å². The number of hydrogen-bond acceptors (Lipinski definition) is 4. The minimum absolute atomic E-state index is 0.363. The standard InChI is InChI=1S/C12H26N2O2/c1-14(2)7-3-6-13-8-12(15)10-16-9-11-4-5-11/h11-13,15H,3-10H2,1-2H3. The Morgan fingerprint density at radius 3 is 2.81 bits per heavy atom. The van der Waals surface area contributed by atoms with Crippen molar-refractivity contribution >= 4 is 0 Å². The van der Waals surface area contributed by atoms with Crippen LogP contribution in [0.4, 0.5) is 0 Å². The molecule has 1 atom stereocenters. The second kappa shape index (κ2) is 8.01. The fourth-order valence-electron chi connectivity index (χ4n) is 1.50. The van der Waals surface area contributed by atoms with E-state index < -0.39 is 0 Å². The van der Waals surface area contributed by atoms with Gasteiger partial charge in [-0.1, -0.05) is 0 Å². The average Bonchev–Trinajstić information content (AvgIpc) is 3.00. The van der Waals surface area contributed by atoms with Crippen LogP contribution in [0.15, 0.2) is 0 Å². The van der Waals surface area contributed by atoms with Gasteiger partial charge in [0, 0.05) is 13.2 Å². The van der Waals surface area contributed by atoms with Gasteiger partial charge in [-0.3, -0.25) is 0 Å². The highest BCUT2D eigenvalue weighted by Gasteiger charge is 2.21. The Bertz CT molecular complexity index is 172. The van der Waals surface area contributed by atoms with Crippen molar-refractivity contribution in [2.75, 3.05) is 46.9 Å². The predicted molar refractivity (Wildman–Crippen MR) is 65.6 cm³/mol. The van der Waals surface area contributed by atoms with Crippen molar-refractivity contribution in [3.8, 4) is 0 Å². The predicted octanol–water partition coefficient (Wildman–Crippen LogP) is 0.315. The summed E-state index contributed by atoms with van der Waals surface area (Å²) in [4.78, 5) is 2.16. The molecule has 2 N–H and O–H groups in total. The molecule has 1 rings (SSSR count). The van der Waals surface area contributed by atoms with E-state index in [1.54, 1.807) is 0 Å². The molecule has 0 aromatic carbocycles. The maximum Gasteiger partial charge on any atom is 0.0897 e. The lowest BCUT2D eigenvalue weighted by molar-refractivity contribution is 0.0326. The number of aliphatic hydroxyl groups is 1. The van der Waals surface area contributed by atoms with E-state index in [9.17, 15) is 5.11 Å². The van der Waals surface area contributed by atoms with Crippen LogP contribution in [-0.4, -0.2) is 63.1 Å². The van der Waals surface area contributed by atoms with Crippen molar-refractivity contribution in [1.82, 2.24) is 10.2 Å². The van der Waals surface area contributed by atoms with Gasteiger partial charge >= 0.3 is 0 Å². The molecule has 96 valence electrons. The highest BCUT2D eigenvalue weighted by atomic mass is 16.5. The van der Waals surface area contributed by atoms with Crippen LogP contribution in [0, 0.1) is 5.92 Å². The van der Waals surface area contributed by atoms with Gasteiger partial charge < -0.3 is 20.1 Å². The first-order valence-corrected chi connectivity index (χ1v) is 6.29. The number of aliphatic hydroxyl groups excluding tert-OH is 1. The van der Waals surface area contributed by atoms with Crippen molar-refractivity contribution in [2.45, 2.75) is 25.4 Å². The van der Waals surface area contributed by atoms with Gasteiger partial charge in [-0.25, -0.2) is 0 Å². The summed E-state index contributed by atoms with van der Waals surface area (Å²) < 4.78 is 5.42. The van der Waals surface area contributed by atoms with Gasteiger partial charge in [0.25, 0.3) is 0 Å². The third-order valence-electron chi connectivity index (χ3n) is 2.70. The summed E-state index contributed by atoms with van der Waals surface area (Å²) in [5, 5.41) is 12.8. The van der Waals surface area contributed by atoms with Gasteiger partial charge in [0.2, 0.25) is 0 Å². The number of hydrogen-bond donors (Lipinski definition) is 2. The van der Waals surface area contributed by atoms with Crippen molar-refractivity contribution in [3.63, 3.8) is 0 Å². The molecular weight excluding hydrogens is 204 g/mol. The minimum Gasteiger partial charge on any atom is -0.389 e. The summed E-state index contributed by atoms with van der Waals surface area (Å²) in [6.45, 7) is 3.98. The molecule has 0 saturated heterocycles. The summed E-state index contributed by atoms with van der Waals surface area (Å²) in [5.41, 5.74) is 0. The quantitative estimate of drug-likeness (QED) is 0.530. The fourth-order valence-corrected chi connectivity index (χ4v) is 1.50. The first kappa shape index (κ1) is 13.9. The molecule has 16 heavy (non-hydrogen) atoms. The summed E-state index contributed by atoms with van der Waals surface area (Å²) in [6, 6.07) is 0. The lowest BCUT2D eigenvalue weighted by atomic mass is 10.3. The number of nitrogens with one attached hydrogen (secondary N) is 1. The monoisotopic (exact) mass is 230 g/mol. The van der Waals surface area contributed by atoms with E-state index in [-0.39, 0.29) is 6.10 Å². The second-order valence-electron chi connectivity index (χ2n) is 5.00. The molecule has 0 spiro atoms. The van der Waals surface area contributed by atoms with Crippen molar-refractivity contribution in [2.24, 2.45) is 5.92 Å². The highest BCUT2D eigenvalue weighted by molar-refractivity contribution is 4.72. The van der Waals surface area contributed by atoms with Crippen LogP contribution in [0.5, 0.6) is 0 Å². The van der Waals surface area contributed by atoms with Gasteiger partial charge in [-0.2, -0.15) is 0 Å². The number of ether oxygens (including phenoxy) is 1. The first-order valence-electron chi connectivity index (χ1n) is 6.29. The summed E-state index contributed by atoms with van der Waals surface area (Å²) in [7, 11) is 4.14. The van der Waals surface area contributed by atoms with Crippen LogP contribution in [-0.2, 0) is 4.74 Å². The minimum atomic E-state index is -0.363. The van der Waals surface area contributed by atoms with Crippen molar-refractivity contribution < 1.29 is 9.84 Å². The third kappa shape index (κ3) is 8.05. The Morgan fingerprint density at radius 1 is 1.44 bits per heavy atom. The molecule has 1 aliphatic rings. The summed E-state index contributed by atoms with van der Waals surface area (Å²) >= 11 is 0. The molecule has 0 aliphatic heterocycles. The Morgan fingerprint density at radius 2 is 2.19 bits per heavy atom. The van der Waals surface area contributed by atoms with Gasteiger partial charge in [-0.15, -0.1) is 0 Å². The molecule has 0 aromatic rings. The highest BCUT2D eigenvalue weighted by Crippen LogP contribution is 2.28. The Kier molecular flexibility index (Phi) is 6.96. The van der Waals surface area contributed by atoms with Crippen LogP contribution < -0.4 is 5.32 Å². The Hall–Kier alpha value is -0.160. The molecule has 4 nitrogen and oxygen atoms in total. The van der Waals surface area contributed by atoms with E-state index >= 15 is 0 Å². The largest absolute Gasteiger partial charge is 0.389 e. The van der Waals surface area contributed by atoms with Gasteiger partial charge in [0.1, 0.15) is 0 Å². The van der Waals surface area contributed by atoms with Gasteiger partial charge in [0.05, 0.1) is 12.7 Å². The maximum atomic E-state index is 9.59. The average molecular weight is 230 g/mol. The maximum absolute atomic E-state index is 9.59. The Labute approximate surface area is 99.0 Å². The molecule has 0 amide bonds. The number of nitrogens with zero attached hydrogens (tertiary/aromatic N) is 1. The molecule has 1 saturated carbocycles. The molecule has 4 heteroatoms.